The van der Waals surface area contributed by atoms with Crippen molar-refractivity contribution < 1.29 is 8.42 Å². The highest BCUT2D eigenvalue weighted by atomic mass is 35.5. The van der Waals surface area contributed by atoms with E-state index in [9.17, 15) is 8.42 Å². The van der Waals surface area contributed by atoms with Crippen molar-refractivity contribution in [1.82, 2.24) is 9.29 Å². The number of aryl methyl sites for hydroxylation is 1. The van der Waals surface area contributed by atoms with Crippen LogP contribution in [0.2, 0.25) is 0 Å². The molecule has 0 saturated carbocycles. The molecule has 0 fully saturated rings. The normalized spacial score (nSPS) is 13.8. The molecule has 0 spiro atoms. The molecule has 0 saturated heterocycles. The first-order valence-electron chi connectivity index (χ1n) is 6.79. The second-order valence-corrected chi connectivity index (χ2v) is 7.93. The lowest BCUT2D eigenvalue weighted by Crippen LogP contribution is -2.29. The van der Waals surface area contributed by atoms with Gasteiger partial charge >= 0.3 is 0 Å². The first-order valence-corrected chi connectivity index (χ1v) is 8.66. The van der Waals surface area contributed by atoms with Gasteiger partial charge in [-0.1, -0.05) is 6.07 Å². The quantitative estimate of drug-likeness (QED) is 0.793. The number of aromatic nitrogens is 1. The number of hydrogen-bond acceptors (Lipinski definition) is 3. The molecule has 0 amide bonds. The first kappa shape index (κ1) is 16.2. The van der Waals surface area contributed by atoms with E-state index in [-0.39, 0.29) is 5.38 Å². The van der Waals surface area contributed by atoms with Gasteiger partial charge in [0.15, 0.2) is 0 Å². The van der Waals surface area contributed by atoms with Crippen LogP contribution in [0.3, 0.4) is 0 Å². The maximum Gasteiger partial charge on any atom is 0.243 e. The molecule has 0 aliphatic carbocycles. The SMILES string of the molecule is Cc1ccc(S(=O)(=O)N(C)CCC(C)Cl)c2cccnc12. The zero-order valence-electron chi connectivity index (χ0n) is 12.4. The Morgan fingerprint density at radius 1 is 1.33 bits per heavy atom. The Hall–Kier alpha value is -1.17. The van der Waals surface area contributed by atoms with Gasteiger partial charge < -0.3 is 0 Å². The number of alkyl halides is 1. The summed E-state index contributed by atoms with van der Waals surface area (Å²) in [5, 5.41) is 0.599. The van der Waals surface area contributed by atoms with E-state index in [1.165, 1.54) is 4.31 Å². The van der Waals surface area contributed by atoms with E-state index in [1.807, 2.05) is 13.8 Å². The molecular weight excluding hydrogens is 308 g/mol. The maximum absolute atomic E-state index is 12.7. The van der Waals surface area contributed by atoms with Crippen molar-refractivity contribution in [2.45, 2.75) is 30.5 Å². The van der Waals surface area contributed by atoms with Crippen LogP contribution in [0.25, 0.3) is 10.9 Å². The number of halogens is 1. The fourth-order valence-corrected chi connectivity index (χ4v) is 3.62. The lowest BCUT2D eigenvalue weighted by molar-refractivity contribution is 0.461. The Morgan fingerprint density at radius 2 is 2.05 bits per heavy atom. The molecular formula is C15H19ClN2O2S. The number of nitrogens with zero attached hydrogens (tertiary/aromatic N) is 2. The summed E-state index contributed by atoms with van der Waals surface area (Å²) in [6.45, 7) is 4.17. The van der Waals surface area contributed by atoms with Gasteiger partial charge in [0, 0.05) is 30.6 Å². The first-order chi connectivity index (χ1) is 9.84. The Morgan fingerprint density at radius 3 is 2.71 bits per heavy atom. The highest BCUT2D eigenvalue weighted by Gasteiger charge is 2.23. The number of sulfonamides is 1. The van der Waals surface area contributed by atoms with Gasteiger partial charge in [-0.15, -0.1) is 11.6 Å². The van der Waals surface area contributed by atoms with Gasteiger partial charge in [-0.3, -0.25) is 4.98 Å². The van der Waals surface area contributed by atoms with Crippen LogP contribution in [0.5, 0.6) is 0 Å². The Bertz CT molecular complexity index is 744. The fourth-order valence-electron chi connectivity index (χ4n) is 2.16. The molecule has 6 heteroatoms. The van der Waals surface area contributed by atoms with E-state index in [4.69, 9.17) is 11.6 Å². The van der Waals surface area contributed by atoms with Gasteiger partial charge in [0.05, 0.1) is 10.4 Å². The van der Waals surface area contributed by atoms with Crippen LogP contribution in [0.4, 0.5) is 0 Å². The lowest BCUT2D eigenvalue weighted by Gasteiger charge is -2.19. The highest BCUT2D eigenvalue weighted by Crippen LogP contribution is 2.26. The van der Waals surface area contributed by atoms with E-state index in [2.05, 4.69) is 4.98 Å². The van der Waals surface area contributed by atoms with E-state index < -0.39 is 10.0 Å². The van der Waals surface area contributed by atoms with Crippen molar-refractivity contribution >= 4 is 32.5 Å². The number of hydrogen-bond donors (Lipinski definition) is 0. The maximum atomic E-state index is 12.7. The molecule has 1 aromatic heterocycles. The summed E-state index contributed by atoms with van der Waals surface area (Å²) in [4.78, 5) is 4.58. The topological polar surface area (TPSA) is 50.3 Å². The van der Waals surface area contributed by atoms with E-state index in [1.54, 1.807) is 37.5 Å². The third-order valence-corrected chi connectivity index (χ3v) is 5.59. The standard InChI is InChI=1S/C15H19ClN2O2S/c1-11-6-7-14(13-5-4-9-17-15(11)13)21(19,20)18(3)10-8-12(2)16/h4-7,9,12H,8,10H2,1-3H3. The van der Waals surface area contributed by atoms with Crippen LogP contribution >= 0.6 is 11.6 Å². The summed E-state index contributed by atoms with van der Waals surface area (Å²) in [6.07, 6.45) is 2.28. The van der Waals surface area contributed by atoms with Gasteiger partial charge in [0.25, 0.3) is 0 Å². The summed E-state index contributed by atoms with van der Waals surface area (Å²) >= 11 is 5.90. The minimum absolute atomic E-state index is 0.0564. The minimum Gasteiger partial charge on any atom is -0.256 e. The third-order valence-electron chi connectivity index (χ3n) is 3.46. The summed E-state index contributed by atoms with van der Waals surface area (Å²) in [5.74, 6) is 0. The Kier molecular flexibility index (Phi) is 4.86. The van der Waals surface area contributed by atoms with Crippen LogP contribution in [-0.4, -0.2) is 36.7 Å². The van der Waals surface area contributed by atoms with Gasteiger partial charge in [-0.05, 0) is 44.0 Å². The predicted molar refractivity (Wildman–Crippen MR) is 86.2 cm³/mol. The monoisotopic (exact) mass is 326 g/mol. The van der Waals surface area contributed by atoms with Crippen molar-refractivity contribution in [3.8, 4) is 0 Å². The summed E-state index contributed by atoms with van der Waals surface area (Å²) in [7, 11) is -1.96. The largest absolute Gasteiger partial charge is 0.256 e. The van der Waals surface area contributed by atoms with Gasteiger partial charge in [-0.2, -0.15) is 0 Å². The zero-order valence-corrected chi connectivity index (χ0v) is 13.9. The number of fused-ring (bicyclic) bond motifs is 1. The van der Waals surface area contributed by atoms with Crippen molar-refractivity contribution in [2.75, 3.05) is 13.6 Å². The molecule has 1 unspecified atom stereocenters. The molecule has 114 valence electrons. The average Bonchev–Trinajstić information content (AvgIpc) is 2.45. The van der Waals surface area contributed by atoms with Crippen LogP contribution in [-0.2, 0) is 10.0 Å². The summed E-state index contributed by atoms with van der Waals surface area (Å²) in [6, 6.07) is 6.98. The second kappa shape index (κ2) is 6.30. The van der Waals surface area contributed by atoms with Gasteiger partial charge in [0.2, 0.25) is 10.0 Å². The molecule has 2 rings (SSSR count). The number of benzene rings is 1. The van der Waals surface area contributed by atoms with E-state index >= 15 is 0 Å². The summed E-state index contributed by atoms with van der Waals surface area (Å²) in [5.41, 5.74) is 1.68. The third kappa shape index (κ3) is 3.36. The molecule has 2 aromatic rings. The van der Waals surface area contributed by atoms with E-state index in [0.717, 1.165) is 11.1 Å². The Balaban J connectivity index is 2.48. The van der Waals surface area contributed by atoms with Crippen LogP contribution in [0, 0.1) is 6.92 Å². The highest BCUT2D eigenvalue weighted by molar-refractivity contribution is 7.89. The van der Waals surface area contributed by atoms with Crippen LogP contribution in [0.1, 0.15) is 18.9 Å². The molecule has 0 bridgehead atoms. The number of rotatable bonds is 5. The molecule has 4 nitrogen and oxygen atoms in total. The van der Waals surface area contributed by atoms with Crippen molar-refractivity contribution in [1.29, 1.82) is 0 Å². The molecule has 21 heavy (non-hydrogen) atoms. The molecule has 0 aliphatic rings. The van der Waals surface area contributed by atoms with Gasteiger partial charge in [0.1, 0.15) is 0 Å². The Labute approximate surface area is 130 Å². The van der Waals surface area contributed by atoms with Crippen molar-refractivity contribution in [2.24, 2.45) is 0 Å². The lowest BCUT2D eigenvalue weighted by atomic mass is 10.1. The zero-order chi connectivity index (χ0) is 15.6. The van der Waals surface area contributed by atoms with Crippen molar-refractivity contribution in [3.05, 3.63) is 36.0 Å². The predicted octanol–water partition coefficient (Wildman–Crippen LogP) is 3.18. The molecule has 0 N–H and O–H groups in total. The number of pyridine rings is 1. The molecule has 0 radical (unpaired) electrons. The smallest absolute Gasteiger partial charge is 0.243 e. The van der Waals surface area contributed by atoms with E-state index in [0.29, 0.717) is 23.2 Å². The molecule has 1 heterocycles. The second-order valence-electron chi connectivity index (χ2n) is 5.18. The molecule has 0 aliphatic heterocycles. The average molecular weight is 327 g/mol. The molecule has 1 aromatic carbocycles. The van der Waals surface area contributed by atoms with Crippen molar-refractivity contribution in [3.63, 3.8) is 0 Å². The molecule has 1 atom stereocenters. The minimum atomic E-state index is -3.54. The summed E-state index contributed by atoms with van der Waals surface area (Å²) < 4.78 is 26.8. The van der Waals surface area contributed by atoms with Crippen LogP contribution < -0.4 is 0 Å². The van der Waals surface area contributed by atoms with Gasteiger partial charge in [-0.25, -0.2) is 12.7 Å². The van der Waals surface area contributed by atoms with Crippen LogP contribution in [0.15, 0.2) is 35.4 Å². The fraction of sp³-hybridized carbons (Fsp3) is 0.400.